The van der Waals surface area contributed by atoms with Crippen molar-refractivity contribution in [3.8, 4) is 6.07 Å². The predicted molar refractivity (Wildman–Crippen MR) is 69.9 cm³/mol. The third kappa shape index (κ3) is 4.45. The molecule has 2 amide bonds. The SMILES string of the molecule is N#CCCN(C(=O)NCc1cn(CC(=O)O)nn1)C1CC1. The summed E-state index contributed by atoms with van der Waals surface area (Å²) in [6.45, 7) is 0.324. The van der Waals surface area contributed by atoms with Crippen LogP contribution in [-0.4, -0.2) is 49.6 Å². The Morgan fingerprint density at radius 2 is 2.33 bits per heavy atom. The lowest BCUT2D eigenvalue weighted by atomic mass is 10.4. The van der Waals surface area contributed by atoms with E-state index in [0.717, 1.165) is 12.8 Å². The normalized spacial score (nSPS) is 13.5. The zero-order chi connectivity index (χ0) is 15.2. The number of carboxylic acids is 1. The van der Waals surface area contributed by atoms with Gasteiger partial charge in [0.1, 0.15) is 12.2 Å². The van der Waals surface area contributed by atoms with Crippen LogP contribution in [0.4, 0.5) is 4.79 Å². The summed E-state index contributed by atoms with van der Waals surface area (Å²) in [6.07, 6.45) is 3.71. The highest BCUT2D eigenvalue weighted by molar-refractivity contribution is 5.74. The molecule has 0 aliphatic heterocycles. The Morgan fingerprint density at radius 1 is 1.57 bits per heavy atom. The lowest BCUT2D eigenvalue weighted by Crippen LogP contribution is -2.41. The van der Waals surface area contributed by atoms with Crippen LogP contribution < -0.4 is 5.32 Å². The van der Waals surface area contributed by atoms with Gasteiger partial charge >= 0.3 is 12.0 Å². The predicted octanol–water partition coefficient (Wildman–Crippen LogP) is -0.0496. The number of carboxylic acid groups (broad SMARTS) is 1. The molecule has 2 N–H and O–H groups in total. The lowest BCUT2D eigenvalue weighted by molar-refractivity contribution is -0.137. The van der Waals surface area contributed by atoms with Crippen LogP contribution in [0.25, 0.3) is 0 Å². The Hall–Kier alpha value is -2.63. The zero-order valence-corrected chi connectivity index (χ0v) is 11.4. The topological polar surface area (TPSA) is 124 Å². The van der Waals surface area contributed by atoms with Crippen molar-refractivity contribution in [1.82, 2.24) is 25.2 Å². The van der Waals surface area contributed by atoms with Crippen molar-refractivity contribution in [2.45, 2.75) is 38.4 Å². The first-order valence-electron chi connectivity index (χ1n) is 6.62. The fourth-order valence-corrected chi connectivity index (χ4v) is 1.91. The van der Waals surface area contributed by atoms with E-state index < -0.39 is 5.97 Å². The second kappa shape index (κ2) is 6.69. The van der Waals surface area contributed by atoms with Crippen LogP contribution in [0.15, 0.2) is 6.20 Å². The van der Waals surface area contributed by atoms with Crippen molar-refractivity contribution < 1.29 is 14.7 Å². The molecule has 21 heavy (non-hydrogen) atoms. The standard InChI is InChI=1S/C12H16N6O3/c13-4-1-5-18(10-2-3-10)12(21)14-6-9-7-17(16-15-9)8-11(19)20/h7,10H,1-3,5-6,8H2,(H,14,21)(H,19,20). The number of nitrogens with one attached hydrogen (secondary N) is 1. The van der Waals surface area contributed by atoms with E-state index in [0.29, 0.717) is 18.7 Å². The largest absolute Gasteiger partial charge is 0.480 e. The molecule has 1 aromatic heterocycles. The van der Waals surface area contributed by atoms with Gasteiger partial charge in [-0.25, -0.2) is 9.48 Å². The van der Waals surface area contributed by atoms with Crippen LogP contribution >= 0.6 is 0 Å². The highest BCUT2D eigenvalue weighted by Crippen LogP contribution is 2.26. The van der Waals surface area contributed by atoms with E-state index in [2.05, 4.69) is 15.6 Å². The van der Waals surface area contributed by atoms with E-state index in [4.69, 9.17) is 10.4 Å². The maximum Gasteiger partial charge on any atom is 0.325 e. The summed E-state index contributed by atoms with van der Waals surface area (Å²) in [5, 5.41) is 27.4. The number of amides is 2. The summed E-state index contributed by atoms with van der Waals surface area (Å²) >= 11 is 0. The van der Waals surface area contributed by atoms with Crippen LogP contribution in [0.3, 0.4) is 0 Å². The lowest BCUT2D eigenvalue weighted by Gasteiger charge is -2.21. The summed E-state index contributed by atoms with van der Waals surface area (Å²) in [5.41, 5.74) is 0.487. The van der Waals surface area contributed by atoms with Crippen molar-refractivity contribution >= 4 is 12.0 Å². The van der Waals surface area contributed by atoms with Crippen molar-refractivity contribution in [1.29, 1.82) is 5.26 Å². The van der Waals surface area contributed by atoms with Crippen LogP contribution in [0, 0.1) is 11.3 Å². The quantitative estimate of drug-likeness (QED) is 0.726. The van der Waals surface area contributed by atoms with Crippen molar-refractivity contribution in [3.63, 3.8) is 0 Å². The molecule has 0 spiro atoms. The minimum absolute atomic E-state index is 0.175. The Balaban J connectivity index is 1.83. The Labute approximate surface area is 121 Å². The molecule has 2 rings (SSSR count). The fraction of sp³-hybridized carbons (Fsp3) is 0.583. The van der Waals surface area contributed by atoms with E-state index in [-0.39, 0.29) is 25.2 Å². The number of nitriles is 1. The van der Waals surface area contributed by atoms with Gasteiger partial charge in [-0.3, -0.25) is 4.79 Å². The van der Waals surface area contributed by atoms with Crippen molar-refractivity contribution in [2.24, 2.45) is 0 Å². The van der Waals surface area contributed by atoms with Gasteiger partial charge in [0, 0.05) is 12.6 Å². The van der Waals surface area contributed by atoms with Crippen molar-refractivity contribution in [2.75, 3.05) is 6.54 Å². The number of carbonyl (C=O) groups excluding carboxylic acids is 1. The molecule has 1 aromatic rings. The highest BCUT2D eigenvalue weighted by atomic mass is 16.4. The Morgan fingerprint density at radius 3 is 2.95 bits per heavy atom. The molecular formula is C12H16N6O3. The molecule has 1 aliphatic rings. The van der Waals surface area contributed by atoms with Gasteiger partial charge in [-0.05, 0) is 12.8 Å². The van der Waals surface area contributed by atoms with Gasteiger partial charge in [-0.1, -0.05) is 5.21 Å². The molecule has 1 aliphatic carbocycles. The smallest absolute Gasteiger partial charge is 0.325 e. The summed E-state index contributed by atoms with van der Waals surface area (Å²) < 4.78 is 1.19. The molecule has 1 heterocycles. The van der Waals surface area contributed by atoms with Gasteiger partial charge in [-0.15, -0.1) is 5.10 Å². The van der Waals surface area contributed by atoms with E-state index in [9.17, 15) is 9.59 Å². The zero-order valence-electron chi connectivity index (χ0n) is 11.4. The monoisotopic (exact) mass is 292 g/mol. The van der Waals surface area contributed by atoms with Crippen LogP contribution in [0.5, 0.6) is 0 Å². The highest BCUT2D eigenvalue weighted by Gasteiger charge is 2.32. The average Bonchev–Trinajstić information content (AvgIpc) is 3.17. The van der Waals surface area contributed by atoms with Crippen LogP contribution in [0.1, 0.15) is 25.0 Å². The molecule has 1 fully saturated rings. The van der Waals surface area contributed by atoms with Gasteiger partial charge in [0.05, 0.1) is 25.2 Å². The number of nitrogens with zero attached hydrogens (tertiary/aromatic N) is 5. The van der Waals surface area contributed by atoms with Crippen LogP contribution in [0.2, 0.25) is 0 Å². The van der Waals surface area contributed by atoms with Gasteiger partial charge in [0.2, 0.25) is 0 Å². The first-order chi connectivity index (χ1) is 10.1. The maximum atomic E-state index is 12.0. The molecule has 0 radical (unpaired) electrons. The van der Waals surface area contributed by atoms with Gasteiger partial charge in [0.15, 0.2) is 0 Å². The number of aliphatic carboxylic acids is 1. The number of rotatable bonds is 7. The van der Waals surface area contributed by atoms with Gasteiger partial charge in [0.25, 0.3) is 0 Å². The first kappa shape index (κ1) is 14.8. The fourth-order valence-electron chi connectivity index (χ4n) is 1.91. The first-order valence-corrected chi connectivity index (χ1v) is 6.62. The summed E-state index contributed by atoms with van der Waals surface area (Å²) in [6, 6.07) is 2.02. The van der Waals surface area contributed by atoms with E-state index in [1.54, 1.807) is 4.90 Å². The van der Waals surface area contributed by atoms with Gasteiger partial charge in [-0.2, -0.15) is 5.26 Å². The van der Waals surface area contributed by atoms with E-state index in [1.165, 1.54) is 10.9 Å². The minimum atomic E-state index is -1.01. The molecule has 0 bridgehead atoms. The molecule has 0 unspecified atom stereocenters. The molecule has 0 atom stereocenters. The third-order valence-corrected chi connectivity index (χ3v) is 3.02. The number of aromatic nitrogens is 3. The van der Waals surface area contributed by atoms with Crippen molar-refractivity contribution in [3.05, 3.63) is 11.9 Å². The third-order valence-electron chi connectivity index (χ3n) is 3.02. The van der Waals surface area contributed by atoms with Gasteiger partial charge < -0.3 is 15.3 Å². The van der Waals surface area contributed by atoms with E-state index in [1.807, 2.05) is 6.07 Å². The molecule has 9 heteroatoms. The average molecular weight is 292 g/mol. The number of hydrogen-bond donors (Lipinski definition) is 2. The number of carbonyl (C=O) groups is 2. The second-order valence-corrected chi connectivity index (χ2v) is 4.79. The molecule has 112 valence electrons. The molecule has 0 saturated heterocycles. The van der Waals surface area contributed by atoms with Crippen LogP contribution in [-0.2, 0) is 17.9 Å². The molecule has 0 aromatic carbocycles. The minimum Gasteiger partial charge on any atom is -0.480 e. The maximum absolute atomic E-state index is 12.0. The Bertz CT molecular complexity index is 560. The number of urea groups is 1. The summed E-state index contributed by atoms with van der Waals surface area (Å²) in [4.78, 5) is 24.2. The second-order valence-electron chi connectivity index (χ2n) is 4.79. The molecule has 9 nitrogen and oxygen atoms in total. The number of hydrogen-bond acceptors (Lipinski definition) is 5. The van der Waals surface area contributed by atoms with E-state index >= 15 is 0 Å². The molecule has 1 saturated carbocycles. The molecular weight excluding hydrogens is 276 g/mol. The summed E-state index contributed by atoms with van der Waals surface area (Å²) in [7, 11) is 0. The summed E-state index contributed by atoms with van der Waals surface area (Å²) in [5.74, 6) is -1.01. The Kier molecular flexibility index (Phi) is 4.71.